The average Bonchev–Trinajstić information content (AvgIpc) is 2.28. The molecule has 0 saturated carbocycles. The highest BCUT2D eigenvalue weighted by Crippen LogP contribution is 2.27. The van der Waals surface area contributed by atoms with Gasteiger partial charge in [0.1, 0.15) is 8.07 Å². The number of aryl methyl sites for hydroxylation is 2. The molecular formula is C13H18Si. The van der Waals surface area contributed by atoms with Crippen molar-refractivity contribution in [3.63, 3.8) is 0 Å². The zero-order valence-corrected chi connectivity index (χ0v) is 10.7. The zero-order chi connectivity index (χ0) is 10.5. The van der Waals surface area contributed by atoms with Crippen LogP contribution in [-0.2, 0) is 0 Å². The Bertz CT molecular complexity index is 425. The summed E-state index contributed by atoms with van der Waals surface area (Å²) in [5, 5.41) is 3.23. The van der Waals surface area contributed by atoms with Gasteiger partial charge in [-0.1, -0.05) is 36.5 Å². The number of allylic oxidation sites excluding steroid dienone is 1. The second kappa shape index (κ2) is 2.83. The molecule has 2 rings (SSSR count). The number of hydrogen-bond acceptors (Lipinski definition) is 0. The first-order chi connectivity index (χ1) is 6.43. The minimum atomic E-state index is -1.26. The first kappa shape index (κ1) is 9.72. The highest BCUT2D eigenvalue weighted by Gasteiger charge is 2.32. The van der Waals surface area contributed by atoms with Gasteiger partial charge < -0.3 is 0 Å². The molecule has 0 saturated heterocycles. The standard InChI is InChI=1S/C13H18Si/c1-9-6-12-8-11(3)14(4,5)13(12)7-10(9)2/h6-8H,1-5H3. The lowest BCUT2D eigenvalue weighted by Crippen LogP contribution is -2.41. The fourth-order valence-electron chi connectivity index (χ4n) is 2.13. The monoisotopic (exact) mass is 202 g/mol. The number of fused-ring (bicyclic) bond motifs is 1. The van der Waals surface area contributed by atoms with Crippen LogP contribution in [0, 0.1) is 13.8 Å². The Morgan fingerprint density at radius 3 is 2.14 bits per heavy atom. The van der Waals surface area contributed by atoms with Crippen LogP contribution in [0.2, 0.25) is 13.1 Å². The summed E-state index contributed by atoms with van der Waals surface area (Å²) in [5.41, 5.74) is 4.33. The largest absolute Gasteiger partial charge is 0.108 e. The van der Waals surface area contributed by atoms with Gasteiger partial charge in [0, 0.05) is 0 Å². The Hall–Kier alpha value is -0.823. The molecule has 0 aliphatic carbocycles. The van der Waals surface area contributed by atoms with Crippen molar-refractivity contribution in [1.29, 1.82) is 0 Å². The Kier molecular flexibility index (Phi) is 1.97. The van der Waals surface area contributed by atoms with Crippen molar-refractivity contribution in [2.75, 3.05) is 0 Å². The molecule has 14 heavy (non-hydrogen) atoms. The van der Waals surface area contributed by atoms with Gasteiger partial charge in [0.2, 0.25) is 0 Å². The number of hydrogen-bond donors (Lipinski definition) is 0. The van der Waals surface area contributed by atoms with E-state index in [4.69, 9.17) is 0 Å². The molecule has 0 nitrogen and oxygen atoms in total. The van der Waals surface area contributed by atoms with Crippen molar-refractivity contribution in [1.82, 2.24) is 0 Å². The molecule has 74 valence electrons. The summed E-state index contributed by atoms with van der Waals surface area (Å²) in [6, 6.07) is 4.75. The lowest BCUT2D eigenvalue weighted by atomic mass is 10.1. The van der Waals surface area contributed by atoms with E-state index >= 15 is 0 Å². The summed E-state index contributed by atoms with van der Waals surface area (Å²) in [6.45, 7) is 11.6. The Balaban J connectivity index is 2.69. The second-order valence-corrected chi connectivity index (χ2v) is 9.55. The van der Waals surface area contributed by atoms with Gasteiger partial charge in [0.05, 0.1) is 0 Å². The predicted molar refractivity (Wildman–Crippen MR) is 66.7 cm³/mol. The van der Waals surface area contributed by atoms with E-state index in [-0.39, 0.29) is 0 Å². The third-order valence-electron chi connectivity index (χ3n) is 3.70. The molecule has 0 N–H and O–H groups in total. The first-order valence-electron chi connectivity index (χ1n) is 5.23. The molecule has 0 aromatic heterocycles. The fraction of sp³-hybridized carbons (Fsp3) is 0.385. The van der Waals surface area contributed by atoms with Gasteiger partial charge in [0.25, 0.3) is 0 Å². The van der Waals surface area contributed by atoms with E-state index in [9.17, 15) is 0 Å². The van der Waals surface area contributed by atoms with Gasteiger partial charge in [-0.2, -0.15) is 0 Å². The first-order valence-corrected chi connectivity index (χ1v) is 8.23. The van der Waals surface area contributed by atoms with Crippen molar-refractivity contribution in [2.45, 2.75) is 33.9 Å². The molecule has 1 aliphatic rings. The van der Waals surface area contributed by atoms with Crippen LogP contribution >= 0.6 is 0 Å². The van der Waals surface area contributed by atoms with Crippen LogP contribution in [0.3, 0.4) is 0 Å². The molecule has 1 aromatic carbocycles. The Morgan fingerprint density at radius 2 is 1.50 bits per heavy atom. The van der Waals surface area contributed by atoms with E-state index < -0.39 is 8.07 Å². The van der Waals surface area contributed by atoms with E-state index in [1.807, 2.05) is 0 Å². The summed E-state index contributed by atoms with van der Waals surface area (Å²) >= 11 is 0. The summed E-state index contributed by atoms with van der Waals surface area (Å²) < 4.78 is 0. The van der Waals surface area contributed by atoms with Crippen molar-refractivity contribution >= 4 is 19.3 Å². The highest BCUT2D eigenvalue weighted by atomic mass is 28.3. The van der Waals surface area contributed by atoms with Crippen LogP contribution < -0.4 is 5.19 Å². The molecule has 0 atom stereocenters. The van der Waals surface area contributed by atoms with Gasteiger partial charge in [0.15, 0.2) is 0 Å². The van der Waals surface area contributed by atoms with Gasteiger partial charge in [-0.3, -0.25) is 0 Å². The van der Waals surface area contributed by atoms with Gasteiger partial charge >= 0.3 is 0 Å². The van der Waals surface area contributed by atoms with Gasteiger partial charge in [-0.25, -0.2) is 0 Å². The molecular weight excluding hydrogens is 184 g/mol. The average molecular weight is 202 g/mol. The van der Waals surface area contributed by atoms with Crippen molar-refractivity contribution in [3.8, 4) is 0 Å². The maximum atomic E-state index is 2.44. The molecule has 0 bridgehead atoms. The van der Waals surface area contributed by atoms with E-state index in [0.29, 0.717) is 0 Å². The fourth-order valence-corrected chi connectivity index (χ4v) is 4.51. The van der Waals surface area contributed by atoms with Crippen LogP contribution in [0.15, 0.2) is 17.3 Å². The minimum absolute atomic E-state index is 1.26. The molecule has 0 radical (unpaired) electrons. The SMILES string of the molecule is CC1=Cc2cc(C)c(C)cc2[Si]1(C)C. The third-order valence-corrected chi connectivity index (χ3v) is 7.59. The lowest BCUT2D eigenvalue weighted by Gasteiger charge is -2.20. The van der Waals surface area contributed by atoms with Crippen LogP contribution in [0.1, 0.15) is 23.6 Å². The normalized spacial score (nSPS) is 17.9. The van der Waals surface area contributed by atoms with E-state index in [1.54, 1.807) is 10.4 Å². The Labute approximate surface area is 87.7 Å². The van der Waals surface area contributed by atoms with E-state index in [0.717, 1.165) is 0 Å². The molecule has 0 fully saturated rings. The van der Waals surface area contributed by atoms with Crippen LogP contribution in [0.5, 0.6) is 0 Å². The smallest absolute Gasteiger partial charge is 0.0785 e. The maximum Gasteiger partial charge on any atom is 0.108 e. The quantitative estimate of drug-likeness (QED) is 0.567. The number of benzene rings is 1. The van der Waals surface area contributed by atoms with Gasteiger partial charge in [-0.05, 0) is 42.6 Å². The Morgan fingerprint density at radius 1 is 0.929 bits per heavy atom. The summed E-state index contributed by atoms with van der Waals surface area (Å²) in [4.78, 5) is 0. The molecule has 0 unspecified atom stereocenters. The van der Waals surface area contributed by atoms with Crippen LogP contribution in [0.25, 0.3) is 6.08 Å². The third kappa shape index (κ3) is 1.19. The second-order valence-electron chi connectivity index (χ2n) is 4.98. The van der Waals surface area contributed by atoms with Crippen molar-refractivity contribution in [3.05, 3.63) is 34.0 Å². The van der Waals surface area contributed by atoms with E-state index in [1.165, 1.54) is 16.7 Å². The van der Waals surface area contributed by atoms with Crippen LogP contribution in [-0.4, -0.2) is 8.07 Å². The van der Waals surface area contributed by atoms with Gasteiger partial charge in [-0.15, -0.1) is 0 Å². The molecule has 1 aromatic rings. The lowest BCUT2D eigenvalue weighted by molar-refractivity contribution is 1.35. The minimum Gasteiger partial charge on any atom is -0.0785 e. The molecule has 1 heteroatoms. The molecule has 1 heterocycles. The van der Waals surface area contributed by atoms with Crippen LogP contribution in [0.4, 0.5) is 0 Å². The maximum absolute atomic E-state index is 2.44. The molecule has 0 spiro atoms. The molecule has 1 aliphatic heterocycles. The molecule has 0 amide bonds. The van der Waals surface area contributed by atoms with Crippen molar-refractivity contribution in [2.24, 2.45) is 0 Å². The zero-order valence-electron chi connectivity index (χ0n) is 9.73. The topological polar surface area (TPSA) is 0 Å². The predicted octanol–water partition coefficient (Wildman–Crippen LogP) is 3.17. The highest BCUT2D eigenvalue weighted by molar-refractivity contribution is 6.97. The van der Waals surface area contributed by atoms with E-state index in [2.05, 4.69) is 52.1 Å². The number of rotatable bonds is 0. The summed E-state index contributed by atoms with van der Waals surface area (Å²) in [7, 11) is -1.26. The van der Waals surface area contributed by atoms with Crippen molar-refractivity contribution < 1.29 is 0 Å². The summed E-state index contributed by atoms with van der Waals surface area (Å²) in [5.74, 6) is 0. The summed E-state index contributed by atoms with van der Waals surface area (Å²) in [6.07, 6.45) is 2.38.